The van der Waals surface area contributed by atoms with E-state index >= 15 is 0 Å². The monoisotopic (exact) mass is 575 g/mol. The number of rotatable bonds is 8. The molecule has 0 saturated carbocycles. The molecule has 218 valence electrons. The Morgan fingerprint density at radius 2 is 1.81 bits per heavy atom. The molecule has 1 aliphatic heterocycles. The van der Waals surface area contributed by atoms with Crippen LogP contribution in [0.25, 0.3) is 22.0 Å². The minimum atomic E-state index is -0.864. The van der Waals surface area contributed by atoms with Gasteiger partial charge in [0.1, 0.15) is 5.82 Å². The molecule has 1 aliphatic rings. The van der Waals surface area contributed by atoms with Crippen LogP contribution in [-0.4, -0.2) is 26.3 Å². The van der Waals surface area contributed by atoms with E-state index in [0.717, 1.165) is 33.3 Å². The molecule has 1 unspecified atom stereocenters. The van der Waals surface area contributed by atoms with Gasteiger partial charge in [0.25, 0.3) is 11.8 Å². The Morgan fingerprint density at radius 3 is 2.51 bits per heavy atom. The SMILES string of the molecule is Cc1cc(Cn2ccc3cc(-c4c(C(N)=O)c(CC(C)C)nc5c4C(=O)NC5(C)Cc4ccc(F)cc4)ccc32)ccn1. The van der Waals surface area contributed by atoms with Crippen molar-refractivity contribution in [2.75, 3.05) is 0 Å². The van der Waals surface area contributed by atoms with Gasteiger partial charge in [0.2, 0.25) is 0 Å². The molecule has 0 bridgehead atoms. The number of hydrogen-bond donors (Lipinski definition) is 2. The van der Waals surface area contributed by atoms with Crippen LogP contribution in [-0.2, 0) is 24.9 Å². The third-order valence-electron chi connectivity index (χ3n) is 8.10. The second-order valence-electron chi connectivity index (χ2n) is 12.1. The summed E-state index contributed by atoms with van der Waals surface area (Å²) in [5.74, 6) is -1.06. The van der Waals surface area contributed by atoms with E-state index in [9.17, 15) is 14.0 Å². The summed E-state index contributed by atoms with van der Waals surface area (Å²) < 4.78 is 15.8. The minimum Gasteiger partial charge on any atom is -0.366 e. The molecule has 2 amide bonds. The highest BCUT2D eigenvalue weighted by molar-refractivity contribution is 6.12. The number of hydrogen-bond acceptors (Lipinski definition) is 4. The molecular formula is C35H34FN5O2. The minimum absolute atomic E-state index is 0.193. The normalized spacial score (nSPS) is 16.1. The number of amides is 2. The van der Waals surface area contributed by atoms with E-state index in [1.807, 2.05) is 56.6 Å². The van der Waals surface area contributed by atoms with Gasteiger partial charge in [0, 0.05) is 47.5 Å². The average Bonchev–Trinajstić information content (AvgIpc) is 3.45. The molecule has 6 rings (SSSR count). The molecule has 0 aliphatic carbocycles. The van der Waals surface area contributed by atoms with Gasteiger partial charge < -0.3 is 15.6 Å². The third kappa shape index (κ3) is 5.29. The van der Waals surface area contributed by atoms with E-state index in [2.05, 4.69) is 34.8 Å². The van der Waals surface area contributed by atoms with Gasteiger partial charge in [0.05, 0.1) is 28.1 Å². The van der Waals surface area contributed by atoms with Crippen LogP contribution < -0.4 is 11.1 Å². The Bertz CT molecular complexity index is 1890. The van der Waals surface area contributed by atoms with Crippen LogP contribution in [0.3, 0.4) is 0 Å². The van der Waals surface area contributed by atoms with Crippen LogP contribution in [0.2, 0.25) is 0 Å². The molecule has 2 aromatic carbocycles. The molecular weight excluding hydrogens is 541 g/mol. The lowest BCUT2D eigenvalue weighted by Crippen LogP contribution is -2.39. The molecule has 3 aromatic heterocycles. The molecule has 0 saturated heterocycles. The second-order valence-corrected chi connectivity index (χ2v) is 12.1. The van der Waals surface area contributed by atoms with E-state index in [1.54, 1.807) is 12.1 Å². The Kier molecular flexibility index (Phi) is 7.08. The topological polar surface area (TPSA) is 103 Å². The summed E-state index contributed by atoms with van der Waals surface area (Å²) in [6.45, 7) is 8.69. The fraction of sp³-hybridized carbons (Fsp3) is 0.257. The number of nitrogens with one attached hydrogen (secondary N) is 1. The molecule has 0 radical (unpaired) electrons. The Balaban J connectivity index is 1.51. The highest BCUT2D eigenvalue weighted by Crippen LogP contribution is 2.42. The summed E-state index contributed by atoms with van der Waals surface area (Å²) in [6.07, 6.45) is 4.77. The molecule has 7 nitrogen and oxygen atoms in total. The van der Waals surface area contributed by atoms with Crippen molar-refractivity contribution in [1.82, 2.24) is 19.9 Å². The first-order valence-electron chi connectivity index (χ1n) is 14.5. The molecule has 3 N–H and O–H groups in total. The fourth-order valence-corrected chi connectivity index (χ4v) is 6.25. The zero-order chi connectivity index (χ0) is 30.5. The number of carbonyl (C=O) groups excluding carboxylic acids is 2. The molecule has 8 heteroatoms. The predicted molar refractivity (Wildman–Crippen MR) is 165 cm³/mol. The maximum absolute atomic E-state index is 13.8. The highest BCUT2D eigenvalue weighted by atomic mass is 19.1. The van der Waals surface area contributed by atoms with Crippen LogP contribution >= 0.6 is 0 Å². The van der Waals surface area contributed by atoms with Crippen LogP contribution in [0.15, 0.2) is 73.1 Å². The lowest BCUT2D eigenvalue weighted by Gasteiger charge is -2.26. The third-order valence-corrected chi connectivity index (χ3v) is 8.10. The van der Waals surface area contributed by atoms with Gasteiger partial charge in [-0.25, -0.2) is 4.39 Å². The maximum atomic E-state index is 13.8. The molecule has 1 atom stereocenters. The number of pyridine rings is 2. The van der Waals surface area contributed by atoms with Crippen molar-refractivity contribution in [1.29, 1.82) is 0 Å². The molecule has 4 heterocycles. The van der Waals surface area contributed by atoms with Crippen molar-refractivity contribution >= 4 is 22.7 Å². The molecule has 5 aromatic rings. The quantitative estimate of drug-likeness (QED) is 0.234. The molecule has 0 fully saturated rings. The van der Waals surface area contributed by atoms with Crippen molar-refractivity contribution in [2.45, 2.75) is 52.6 Å². The Hall–Kier alpha value is -4.85. The van der Waals surface area contributed by atoms with Crippen LogP contribution in [0.5, 0.6) is 0 Å². The average molecular weight is 576 g/mol. The van der Waals surface area contributed by atoms with Gasteiger partial charge in [-0.1, -0.05) is 32.0 Å². The largest absolute Gasteiger partial charge is 0.366 e. The van der Waals surface area contributed by atoms with Crippen molar-refractivity contribution in [2.24, 2.45) is 11.7 Å². The van der Waals surface area contributed by atoms with E-state index < -0.39 is 11.4 Å². The fourth-order valence-electron chi connectivity index (χ4n) is 6.25. The smallest absolute Gasteiger partial charge is 0.254 e. The van der Waals surface area contributed by atoms with E-state index in [0.29, 0.717) is 41.9 Å². The number of halogens is 1. The second kappa shape index (κ2) is 10.8. The predicted octanol–water partition coefficient (Wildman–Crippen LogP) is 6.09. The number of aromatic nitrogens is 3. The Morgan fingerprint density at radius 1 is 1.05 bits per heavy atom. The number of fused-ring (bicyclic) bond motifs is 2. The number of benzene rings is 2. The summed E-state index contributed by atoms with van der Waals surface area (Å²) in [6, 6.07) is 18.3. The van der Waals surface area contributed by atoms with E-state index in [1.165, 1.54) is 12.1 Å². The maximum Gasteiger partial charge on any atom is 0.254 e. The summed E-state index contributed by atoms with van der Waals surface area (Å²) in [5, 5.41) is 4.11. The van der Waals surface area contributed by atoms with Crippen LogP contribution in [0, 0.1) is 18.7 Å². The van der Waals surface area contributed by atoms with Crippen molar-refractivity contribution < 1.29 is 14.0 Å². The van der Waals surface area contributed by atoms with Gasteiger partial charge in [-0.15, -0.1) is 0 Å². The lowest BCUT2D eigenvalue weighted by atomic mass is 9.84. The van der Waals surface area contributed by atoms with Crippen molar-refractivity contribution in [3.63, 3.8) is 0 Å². The zero-order valence-corrected chi connectivity index (χ0v) is 24.7. The summed E-state index contributed by atoms with van der Waals surface area (Å²) in [4.78, 5) is 36.1. The van der Waals surface area contributed by atoms with E-state index in [4.69, 9.17) is 10.7 Å². The lowest BCUT2D eigenvalue weighted by molar-refractivity contribution is 0.0935. The molecule has 43 heavy (non-hydrogen) atoms. The standard InChI is InChI=1S/C35H34FN5O2/c1-20(2)15-27-30(33(37)42)29(31-32(39-27)35(4,40-34(31)43)18-22-5-8-26(36)9-6-22)25-7-10-28-24(17-25)12-14-41(28)19-23-11-13-38-21(3)16-23/h5-14,16-17,20H,15,18-19H2,1-4H3,(H2,37,42)(H,40,43). The van der Waals surface area contributed by atoms with Crippen molar-refractivity contribution in [3.8, 4) is 11.1 Å². The first kappa shape index (κ1) is 28.3. The van der Waals surface area contributed by atoms with Gasteiger partial charge in [-0.05, 0) is 85.3 Å². The number of aryl methyl sites for hydroxylation is 1. The number of nitrogens with zero attached hydrogens (tertiary/aromatic N) is 3. The number of carbonyl (C=O) groups is 2. The Labute approximate surface area is 250 Å². The van der Waals surface area contributed by atoms with Gasteiger partial charge in [-0.2, -0.15) is 0 Å². The zero-order valence-electron chi connectivity index (χ0n) is 24.7. The first-order chi connectivity index (χ1) is 20.5. The van der Waals surface area contributed by atoms with E-state index in [-0.39, 0.29) is 23.2 Å². The first-order valence-corrected chi connectivity index (χ1v) is 14.5. The number of primary amides is 1. The van der Waals surface area contributed by atoms with Gasteiger partial charge in [0.15, 0.2) is 0 Å². The van der Waals surface area contributed by atoms with Crippen LogP contribution in [0.4, 0.5) is 4.39 Å². The summed E-state index contributed by atoms with van der Waals surface area (Å²) in [7, 11) is 0. The van der Waals surface area contributed by atoms with Gasteiger partial charge >= 0.3 is 0 Å². The molecule has 0 spiro atoms. The summed E-state index contributed by atoms with van der Waals surface area (Å²) in [5.41, 5.74) is 12.2. The number of nitrogens with two attached hydrogens (primary N) is 1. The highest BCUT2D eigenvalue weighted by Gasteiger charge is 2.44. The summed E-state index contributed by atoms with van der Waals surface area (Å²) >= 11 is 0. The van der Waals surface area contributed by atoms with Crippen molar-refractivity contribution in [3.05, 3.63) is 118 Å². The van der Waals surface area contributed by atoms with Crippen LogP contribution in [0.1, 0.15) is 69.7 Å². The van der Waals surface area contributed by atoms with Gasteiger partial charge in [-0.3, -0.25) is 19.6 Å².